The molecule has 0 bridgehead atoms. The van der Waals surface area contributed by atoms with Gasteiger partial charge in [0.2, 0.25) is 0 Å². The fraction of sp³-hybridized carbons (Fsp3) is 0.368. The molecule has 138 valence electrons. The molecule has 1 fully saturated rings. The number of hydrogen-bond acceptors (Lipinski definition) is 3. The fourth-order valence-corrected chi connectivity index (χ4v) is 3.73. The smallest absolute Gasteiger partial charge is 0.289 e. The highest BCUT2D eigenvalue weighted by Gasteiger charge is 2.31. The molecular weight excluding hydrogens is 398 g/mol. The molecule has 1 aliphatic rings. The van der Waals surface area contributed by atoms with Crippen LogP contribution in [0.2, 0.25) is 0 Å². The highest BCUT2D eigenvalue weighted by atomic mass is 79.9. The second-order valence-corrected chi connectivity index (χ2v) is 7.48. The molecule has 3 rings (SSSR count). The summed E-state index contributed by atoms with van der Waals surface area (Å²) >= 11 is 3.49. The summed E-state index contributed by atoms with van der Waals surface area (Å²) in [6.45, 7) is 6.62. The lowest BCUT2D eigenvalue weighted by Gasteiger charge is -2.34. The molecule has 1 atom stereocenters. The van der Waals surface area contributed by atoms with Crippen molar-refractivity contribution >= 4 is 33.4 Å². The maximum absolute atomic E-state index is 12.6. The molecule has 1 aromatic carbocycles. The van der Waals surface area contributed by atoms with Crippen LogP contribution in [-0.4, -0.2) is 48.9 Å². The van der Waals surface area contributed by atoms with Gasteiger partial charge in [0.1, 0.15) is 0 Å². The normalized spacial score (nSPS) is 16.3. The predicted octanol–water partition coefficient (Wildman–Crippen LogP) is 1.72. The Balaban J connectivity index is 1.55. The van der Waals surface area contributed by atoms with Crippen molar-refractivity contribution in [3.05, 3.63) is 52.4 Å². The van der Waals surface area contributed by atoms with Gasteiger partial charge in [0.25, 0.3) is 11.8 Å². The number of halogens is 1. The minimum atomic E-state index is -0.191. The van der Waals surface area contributed by atoms with Crippen molar-refractivity contribution in [1.82, 2.24) is 4.90 Å². The molecule has 2 heterocycles. The first-order valence-corrected chi connectivity index (χ1v) is 9.49. The minimum absolute atomic E-state index is 0.0182. The molecule has 0 radical (unpaired) electrons. The maximum Gasteiger partial charge on any atom is 0.289 e. The number of nitrogens with one attached hydrogen (secondary N) is 2. The van der Waals surface area contributed by atoms with Gasteiger partial charge in [0, 0.05) is 4.47 Å². The summed E-state index contributed by atoms with van der Waals surface area (Å²) in [5, 5.41) is 2.99. The van der Waals surface area contributed by atoms with Crippen LogP contribution in [0.15, 0.2) is 45.5 Å². The molecule has 0 unspecified atom stereocenters. The lowest BCUT2D eigenvalue weighted by atomic mass is 10.2. The Morgan fingerprint density at radius 2 is 2.00 bits per heavy atom. The monoisotopic (exact) mass is 420 g/mol. The SMILES string of the molecule is Cc1ccc(NC(=O)[C@@H](C)[NH+]2CCN(C(=O)c3ccco3)CC2)c(Br)c1. The number of rotatable bonds is 4. The number of benzene rings is 1. The van der Waals surface area contributed by atoms with Crippen LogP contribution < -0.4 is 10.2 Å². The van der Waals surface area contributed by atoms with E-state index in [2.05, 4.69) is 21.2 Å². The summed E-state index contributed by atoms with van der Waals surface area (Å²) in [7, 11) is 0. The lowest BCUT2D eigenvalue weighted by molar-refractivity contribution is -0.917. The van der Waals surface area contributed by atoms with E-state index >= 15 is 0 Å². The molecule has 2 aromatic rings. The second kappa shape index (κ2) is 8.05. The van der Waals surface area contributed by atoms with Crippen molar-refractivity contribution in [3.8, 4) is 0 Å². The van der Waals surface area contributed by atoms with Gasteiger partial charge >= 0.3 is 0 Å². The van der Waals surface area contributed by atoms with Crippen molar-refractivity contribution in [2.75, 3.05) is 31.5 Å². The number of quaternary nitrogens is 1. The molecule has 0 spiro atoms. The number of anilines is 1. The number of carbonyl (C=O) groups excluding carboxylic acids is 2. The minimum Gasteiger partial charge on any atom is -0.459 e. The van der Waals surface area contributed by atoms with Crippen molar-refractivity contribution in [1.29, 1.82) is 0 Å². The quantitative estimate of drug-likeness (QED) is 0.790. The Kier molecular flexibility index (Phi) is 5.78. The van der Waals surface area contributed by atoms with Gasteiger partial charge in [0.05, 0.1) is 38.1 Å². The highest BCUT2D eigenvalue weighted by Crippen LogP contribution is 2.23. The molecular formula is C19H23BrN3O3+. The Hall–Kier alpha value is -2.12. The van der Waals surface area contributed by atoms with Crippen molar-refractivity contribution in [2.24, 2.45) is 0 Å². The van der Waals surface area contributed by atoms with Crippen LogP contribution in [0.25, 0.3) is 0 Å². The average Bonchev–Trinajstić information content (AvgIpc) is 3.17. The molecule has 6 nitrogen and oxygen atoms in total. The molecule has 1 saturated heterocycles. The summed E-state index contributed by atoms with van der Waals surface area (Å²) in [5.74, 6) is 0.258. The molecule has 1 aromatic heterocycles. The van der Waals surface area contributed by atoms with E-state index in [1.807, 2.05) is 32.0 Å². The van der Waals surface area contributed by atoms with Crippen molar-refractivity contribution in [3.63, 3.8) is 0 Å². The Bertz CT molecular complexity index is 783. The van der Waals surface area contributed by atoms with Gasteiger partial charge < -0.3 is 19.5 Å². The van der Waals surface area contributed by atoms with E-state index in [0.29, 0.717) is 18.8 Å². The summed E-state index contributed by atoms with van der Waals surface area (Å²) in [5.41, 5.74) is 1.91. The van der Waals surface area contributed by atoms with Gasteiger partial charge in [-0.2, -0.15) is 0 Å². The molecule has 2 N–H and O–H groups in total. The maximum atomic E-state index is 12.6. The predicted molar refractivity (Wildman–Crippen MR) is 102 cm³/mol. The van der Waals surface area contributed by atoms with Crippen LogP contribution in [0.5, 0.6) is 0 Å². The van der Waals surface area contributed by atoms with Gasteiger partial charge in [-0.3, -0.25) is 9.59 Å². The molecule has 1 aliphatic heterocycles. The third-order valence-corrected chi connectivity index (χ3v) is 5.47. The third kappa shape index (κ3) is 4.16. The van der Waals surface area contributed by atoms with Crippen LogP contribution in [0.1, 0.15) is 23.0 Å². The Morgan fingerprint density at radius 1 is 1.27 bits per heavy atom. The summed E-state index contributed by atoms with van der Waals surface area (Å²) < 4.78 is 6.06. The topological polar surface area (TPSA) is 67.0 Å². The molecule has 7 heteroatoms. The lowest BCUT2D eigenvalue weighted by Crippen LogP contribution is -3.19. The van der Waals surface area contributed by atoms with Crippen molar-refractivity contribution in [2.45, 2.75) is 19.9 Å². The Labute approximate surface area is 161 Å². The first kappa shape index (κ1) is 18.7. The molecule has 0 aliphatic carbocycles. The first-order valence-electron chi connectivity index (χ1n) is 8.70. The number of nitrogens with zero attached hydrogens (tertiary/aromatic N) is 1. The summed E-state index contributed by atoms with van der Waals surface area (Å²) in [6, 6.07) is 9.05. The zero-order valence-corrected chi connectivity index (χ0v) is 16.5. The van der Waals surface area contributed by atoms with E-state index in [1.54, 1.807) is 17.0 Å². The van der Waals surface area contributed by atoms with E-state index in [9.17, 15) is 9.59 Å². The van der Waals surface area contributed by atoms with Crippen LogP contribution in [0.3, 0.4) is 0 Å². The number of furan rings is 1. The van der Waals surface area contributed by atoms with Gasteiger partial charge in [0.15, 0.2) is 11.8 Å². The van der Waals surface area contributed by atoms with Gasteiger partial charge in [-0.15, -0.1) is 0 Å². The molecule has 26 heavy (non-hydrogen) atoms. The molecule has 0 saturated carbocycles. The fourth-order valence-electron chi connectivity index (χ4n) is 3.13. The number of piperazine rings is 1. The van der Waals surface area contributed by atoms with E-state index in [-0.39, 0.29) is 17.9 Å². The number of amides is 2. The largest absolute Gasteiger partial charge is 0.459 e. The standard InChI is InChI=1S/C19H22BrN3O3/c1-13-5-6-16(15(20)12-13)21-18(24)14(2)22-7-9-23(10-8-22)19(25)17-4-3-11-26-17/h3-6,11-12,14H,7-10H2,1-2H3,(H,21,24)/p+1/t14-/m1/s1. The zero-order chi connectivity index (χ0) is 18.7. The van der Waals surface area contributed by atoms with E-state index in [1.165, 1.54) is 11.2 Å². The Morgan fingerprint density at radius 3 is 2.62 bits per heavy atom. The first-order chi connectivity index (χ1) is 12.5. The summed E-state index contributed by atoms with van der Waals surface area (Å²) in [6.07, 6.45) is 1.50. The van der Waals surface area contributed by atoms with Crippen LogP contribution in [-0.2, 0) is 4.79 Å². The van der Waals surface area contributed by atoms with Crippen LogP contribution >= 0.6 is 15.9 Å². The van der Waals surface area contributed by atoms with Gasteiger partial charge in [-0.05, 0) is 59.6 Å². The number of aryl methyl sites for hydroxylation is 1. The highest BCUT2D eigenvalue weighted by molar-refractivity contribution is 9.10. The van der Waals surface area contributed by atoms with Crippen LogP contribution in [0.4, 0.5) is 5.69 Å². The van der Waals surface area contributed by atoms with E-state index in [0.717, 1.165) is 28.8 Å². The van der Waals surface area contributed by atoms with Crippen LogP contribution in [0, 0.1) is 6.92 Å². The number of carbonyl (C=O) groups is 2. The van der Waals surface area contributed by atoms with E-state index < -0.39 is 0 Å². The third-order valence-electron chi connectivity index (χ3n) is 4.81. The van der Waals surface area contributed by atoms with E-state index in [4.69, 9.17) is 4.42 Å². The number of hydrogen-bond donors (Lipinski definition) is 2. The average molecular weight is 421 g/mol. The molecule has 2 amide bonds. The second-order valence-electron chi connectivity index (χ2n) is 6.62. The van der Waals surface area contributed by atoms with Crippen molar-refractivity contribution < 1.29 is 18.9 Å². The van der Waals surface area contributed by atoms with Gasteiger partial charge in [-0.1, -0.05) is 6.07 Å². The zero-order valence-electron chi connectivity index (χ0n) is 14.9. The van der Waals surface area contributed by atoms with Gasteiger partial charge in [-0.25, -0.2) is 0 Å². The summed E-state index contributed by atoms with van der Waals surface area (Å²) in [4.78, 5) is 27.9.